The second-order valence-corrected chi connectivity index (χ2v) is 5.72. The van der Waals surface area contributed by atoms with Crippen molar-refractivity contribution >= 4 is 16.7 Å². The van der Waals surface area contributed by atoms with Gasteiger partial charge in [0, 0.05) is 12.1 Å². The van der Waals surface area contributed by atoms with E-state index in [0.717, 1.165) is 10.1 Å². The summed E-state index contributed by atoms with van der Waals surface area (Å²) in [7, 11) is 0. The van der Waals surface area contributed by atoms with Gasteiger partial charge in [-0.05, 0) is 26.0 Å². The molecule has 3 aromatic rings. The van der Waals surface area contributed by atoms with Crippen LogP contribution in [0.2, 0.25) is 0 Å². The summed E-state index contributed by atoms with van der Waals surface area (Å²) in [5.41, 5.74) is 1.32. The number of carbonyl (C=O) groups excluding carboxylic acids is 1. The predicted octanol–water partition coefficient (Wildman–Crippen LogP) is 2.37. The average molecular weight is 322 g/mol. The van der Waals surface area contributed by atoms with Gasteiger partial charge in [-0.25, -0.2) is 4.79 Å². The van der Waals surface area contributed by atoms with Crippen LogP contribution in [0.4, 0.5) is 0 Å². The Kier molecular flexibility index (Phi) is 4.16. The first kappa shape index (κ1) is 15.9. The van der Waals surface area contributed by atoms with E-state index in [2.05, 4.69) is 0 Å². The van der Waals surface area contributed by atoms with Gasteiger partial charge in [0.1, 0.15) is 0 Å². The molecule has 0 saturated heterocycles. The Balaban J connectivity index is 2.15. The van der Waals surface area contributed by atoms with E-state index in [0.29, 0.717) is 16.5 Å². The molecular formula is C19H18N2O3. The molecule has 0 N–H and O–H groups in total. The van der Waals surface area contributed by atoms with Crippen LogP contribution in [-0.4, -0.2) is 14.9 Å². The van der Waals surface area contributed by atoms with Crippen molar-refractivity contribution in [1.29, 1.82) is 0 Å². The molecule has 0 aliphatic heterocycles. The molecule has 0 bridgehead atoms. The lowest BCUT2D eigenvalue weighted by Gasteiger charge is -2.12. The van der Waals surface area contributed by atoms with Crippen LogP contribution in [0.25, 0.3) is 10.9 Å². The molecule has 0 atom stereocenters. The number of aryl methyl sites for hydroxylation is 1. The van der Waals surface area contributed by atoms with Crippen molar-refractivity contribution < 1.29 is 4.79 Å². The second kappa shape index (κ2) is 6.28. The fourth-order valence-electron chi connectivity index (χ4n) is 2.78. The summed E-state index contributed by atoms with van der Waals surface area (Å²) in [5, 5.41) is 0.440. The van der Waals surface area contributed by atoms with Gasteiger partial charge in [0.15, 0.2) is 5.78 Å². The fraction of sp³-hybridized carbons (Fsp3) is 0.211. The first-order valence-corrected chi connectivity index (χ1v) is 7.85. The second-order valence-electron chi connectivity index (χ2n) is 5.72. The number of para-hydroxylation sites is 1. The summed E-state index contributed by atoms with van der Waals surface area (Å²) < 4.78 is 2.53. The molecular weight excluding hydrogens is 304 g/mol. The van der Waals surface area contributed by atoms with E-state index in [-0.39, 0.29) is 24.4 Å². The van der Waals surface area contributed by atoms with Crippen LogP contribution in [0.5, 0.6) is 0 Å². The topological polar surface area (TPSA) is 61.1 Å². The molecule has 1 heterocycles. The zero-order chi connectivity index (χ0) is 17.3. The average Bonchev–Trinajstić information content (AvgIpc) is 2.59. The Hall–Kier alpha value is -2.95. The van der Waals surface area contributed by atoms with E-state index < -0.39 is 5.69 Å². The van der Waals surface area contributed by atoms with Crippen molar-refractivity contribution in [2.75, 3.05) is 0 Å². The van der Waals surface area contributed by atoms with Crippen LogP contribution in [0.15, 0.2) is 58.1 Å². The van der Waals surface area contributed by atoms with Crippen molar-refractivity contribution in [1.82, 2.24) is 9.13 Å². The lowest BCUT2D eigenvalue weighted by molar-refractivity contribution is 0.0971. The minimum Gasteiger partial charge on any atom is -0.292 e. The Morgan fingerprint density at radius 3 is 2.29 bits per heavy atom. The molecule has 0 aliphatic rings. The van der Waals surface area contributed by atoms with Gasteiger partial charge in [0.05, 0.1) is 17.4 Å². The van der Waals surface area contributed by atoms with Crippen LogP contribution < -0.4 is 11.2 Å². The van der Waals surface area contributed by atoms with Crippen molar-refractivity contribution in [3.05, 3.63) is 80.5 Å². The summed E-state index contributed by atoms with van der Waals surface area (Å²) in [6, 6.07) is 14.1. The van der Waals surface area contributed by atoms with Gasteiger partial charge in [-0.1, -0.05) is 42.0 Å². The predicted molar refractivity (Wildman–Crippen MR) is 93.7 cm³/mol. The van der Waals surface area contributed by atoms with Crippen LogP contribution in [0, 0.1) is 6.92 Å². The first-order valence-electron chi connectivity index (χ1n) is 7.85. The van der Waals surface area contributed by atoms with Gasteiger partial charge in [-0.2, -0.15) is 0 Å². The summed E-state index contributed by atoms with van der Waals surface area (Å²) in [5.74, 6) is -0.163. The maximum Gasteiger partial charge on any atom is 0.331 e. The number of hydrogen-bond acceptors (Lipinski definition) is 3. The Labute approximate surface area is 138 Å². The molecule has 0 saturated carbocycles. The maximum absolute atomic E-state index is 12.6. The number of fused-ring (bicyclic) bond motifs is 1. The zero-order valence-electron chi connectivity index (χ0n) is 13.7. The van der Waals surface area contributed by atoms with E-state index in [1.54, 1.807) is 43.3 Å². The quantitative estimate of drug-likeness (QED) is 0.693. The van der Waals surface area contributed by atoms with Gasteiger partial charge >= 0.3 is 5.69 Å². The highest BCUT2D eigenvalue weighted by Gasteiger charge is 2.15. The van der Waals surface area contributed by atoms with Crippen LogP contribution in [0.3, 0.4) is 0 Å². The summed E-state index contributed by atoms with van der Waals surface area (Å²) in [4.78, 5) is 37.6. The van der Waals surface area contributed by atoms with E-state index in [1.807, 2.05) is 19.1 Å². The van der Waals surface area contributed by atoms with Gasteiger partial charge < -0.3 is 0 Å². The molecule has 0 amide bonds. The van der Waals surface area contributed by atoms with Crippen molar-refractivity contribution in [2.45, 2.75) is 26.9 Å². The standard InChI is InChI=1S/C19H18N2O3/c1-3-20-18(23)15-6-4-5-7-16(15)21(19(20)24)12-17(22)14-10-8-13(2)9-11-14/h4-11H,3,12H2,1-2H3. The molecule has 122 valence electrons. The molecule has 0 aliphatic carbocycles. The number of rotatable bonds is 4. The molecule has 3 rings (SSSR count). The third kappa shape index (κ3) is 2.69. The van der Waals surface area contributed by atoms with Gasteiger partial charge in [-0.15, -0.1) is 0 Å². The molecule has 2 aromatic carbocycles. The van der Waals surface area contributed by atoms with E-state index in [9.17, 15) is 14.4 Å². The Morgan fingerprint density at radius 1 is 0.958 bits per heavy atom. The molecule has 0 unspecified atom stereocenters. The van der Waals surface area contributed by atoms with E-state index in [1.165, 1.54) is 4.57 Å². The van der Waals surface area contributed by atoms with Crippen molar-refractivity contribution in [3.8, 4) is 0 Å². The Bertz CT molecular complexity index is 1030. The first-order chi connectivity index (χ1) is 11.5. The number of benzene rings is 2. The molecule has 5 nitrogen and oxygen atoms in total. The van der Waals surface area contributed by atoms with E-state index >= 15 is 0 Å². The smallest absolute Gasteiger partial charge is 0.292 e. The van der Waals surface area contributed by atoms with Crippen LogP contribution in [0.1, 0.15) is 22.8 Å². The summed E-state index contributed by atoms with van der Waals surface area (Å²) in [6.45, 7) is 3.86. The van der Waals surface area contributed by atoms with Crippen LogP contribution >= 0.6 is 0 Å². The van der Waals surface area contributed by atoms with Crippen molar-refractivity contribution in [2.24, 2.45) is 0 Å². The minimum absolute atomic E-state index is 0.0946. The van der Waals surface area contributed by atoms with Gasteiger partial charge in [0.25, 0.3) is 5.56 Å². The van der Waals surface area contributed by atoms with Gasteiger partial charge in [-0.3, -0.25) is 18.7 Å². The van der Waals surface area contributed by atoms with Crippen molar-refractivity contribution in [3.63, 3.8) is 0 Å². The minimum atomic E-state index is -0.457. The zero-order valence-corrected chi connectivity index (χ0v) is 13.7. The summed E-state index contributed by atoms with van der Waals surface area (Å²) in [6.07, 6.45) is 0. The Morgan fingerprint density at radius 2 is 1.62 bits per heavy atom. The molecule has 0 fully saturated rings. The molecule has 0 spiro atoms. The monoisotopic (exact) mass is 322 g/mol. The molecule has 1 aromatic heterocycles. The lowest BCUT2D eigenvalue weighted by Crippen LogP contribution is -2.40. The number of aromatic nitrogens is 2. The lowest BCUT2D eigenvalue weighted by atomic mass is 10.1. The number of carbonyl (C=O) groups is 1. The van der Waals surface area contributed by atoms with Crippen LogP contribution in [-0.2, 0) is 13.1 Å². The highest BCUT2D eigenvalue weighted by Crippen LogP contribution is 2.10. The molecule has 5 heteroatoms. The normalized spacial score (nSPS) is 10.9. The van der Waals surface area contributed by atoms with Gasteiger partial charge in [0.2, 0.25) is 0 Å². The fourth-order valence-corrected chi connectivity index (χ4v) is 2.78. The third-order valence-electron chi connectivity index (χ3n) is 4.12. The van der Waals surface area contributed by atoms with E-state index in [4.69, 9.17) is 0 Å². The number of hydrogen-bond donors (Lipinski definition) is 0. The number of nitrogens with zero attached hydrogens (tertiary/aromatic N) is 2. The SMILES string of the molecule is CCn1c(=O)c2ccccc2n(CC(=O)c2ccc(C)cc2)c1=O. The highest BCUT2D eigenvalue weighted by atomic mass is 16.2. The summed E-state index contributed by atoms with van der Waals surface area (Å²) >= 11 is 0. The largest absolute Gasteiger partial charge is 0.331 e. The third-order valence-corrected chi connectivity index (χ3v) is 4.12. The highest BCUT2D eigenvalue weighted by molar-refractivity contribution is 5.96. The molecule has 24 heavy (non-hydrogen) atoms. The molecule has 0 radical (unpaired) electrons. The maximum atomic E-state index is 12.6. The number of ketones is 1. The number of Topliss-reactive ketones (excluding diaryl/α,β-unsaturated/α-hetero) is 1.